The average Bonchev–Trinajstić information content (AvgIpc) is 2.20. The van der Waals surface area contributed by atoms with Crippen LogP contribution < -0.4 is 0 Å². The molecule has 0 N–H and O–H groups in total. The maximum absolute atomic E-state index is 3.55. The van der Waals surface area contributed by atoms with E-state index in [-0.39, 0.29) is 0 Å². The van der Waals surface area contributed by atoms with E-state index in [4.69, 9.17) is 0 Å². The number of allylic oxidation sites excluding steroid dienone is 4. The monoisotopic (exact) mass is 180 g/mol. The molecule has 0 atom stereocenters. The number of rotatable bonds is 4. The third-order valence-corrected chi connectivity index (χ3v) is 1.03. The summed E-state index contributed by atoms with van der Waals surface area (Å²) in [7, 11) is 0. The van der Waals surface area contributed by atoms with E-state index >= 15 is 0 Å². The van der Waals surface area contributed by atoms with Crippen molar-refractivity contribution in [3.05, 3.63) is 50.6 Å². The molecule has 0 aliphatic carbocycles. The Hall–Kier alpha value is -1.04. The molecule has 0 saturated heterocycles. The highest BCUT2D eigenvalue weighted by Gasteiger charge is 1.61. The first-order valence-electron chi connectivity index (χ1n) is 4.66. The van der Waals surface area contributed by atoms with Crippen molar-refractivity contribution < 1.29 is 0 Å². The first kappa shape index (κ1) is 17.9. The molecule has 0 amide bonds. The molecule has 0 aromatic heterocycles. The van der Waals surface area contributed by atoms with Crippen molar-refractivity contribution in [1.29, 1.82) is 0 Å². The Kier molecular flexibility index (Phi) is 42.1. The molecule has 0 aliphatic rings. The largest absolute Gasteiger partial charge is 0.106 e. The van der Waals surface area contributed by atoms with Gasteiger partial charge in [0.05, 0.1) is 0 Å². The highest BCUT2D eigenvalue weighted by atomic mass is 13.7. The Morgan fingerprint density at radius 3 is 1.69 bits per heavy atom. The Morgan fingerprint density at radius 2 is 1.62 bits per heavy atom. The van der Waals surface area contributed by atoms with Gasteiger partial charge in [-0.05, 0) is 19.8 Å². The predicted octanol–water partition coefficient (Wildman–Crippen LogP) is 4.91. The van der Waals surface area contributed by atoms with Crippen molar-refractivity contribution in [2.45, 2.75) is 33.1 Å². The Morgan fingerprint density at radius 1 is 1.08 bits per heavy atom. The van der Waals surface area contributed by atoms with Crippen LogP contribution in [0, 0.1) is 0 Å². The fourth-order valence-corrected chi connectivity index (χ4v) is 0.436. The molecular formula is C13H24. The van der Waals surface area contributed by atoms with Gasteiger partial charge in [0.2, 0.25) is 0 Å². The molecule has 0 rings (SSSR count). The molecule has 0 spiro atoms. The minimum atomic E-state index is 0.997. The van der Waals surface area contributed by atoms with Gasteiger partial charge in [0.15, 0.2) is 0 Å². The summed E-state index contributed by atoms with van der Waals surface area (Å²) in [6.45, 7) is 17.2. The molecule has 0 fully saturated rings. The third-order valence-electron chi connectivity index (χ3n) is 1.03. The van der Waals surface area contributed by atoms with E-state index < -0.39 is 0 Å². The maximum atomic E-state index is 3.55. The minimum absolute atomic E-state index is 0.997. The lowest BCUT2D eigenvalue weighted by Gasteiger charge is -1.72. The number of hydrogen-bond donors (Lipinski definition) is 0. The van der Waals surface area contributed by atoms with Gasteiger partial charge < -0.3 is 0 Å². The maximum Gasteiger partial charge on any atom is -0.0172 e. The van der Waals surface area contributed by atoms with E-state index in [1.807, 2.05) is 25.2 Å². The van der Waals surface area contributed by atoms with Crippen molar-refractivity contribution >= 4 is 0 Å². The van der Waals surface area contributed by atoms with Crippen molar-refractivity contribution in [2.75, 3.05) is 0 Å². The van der Waals surface area contributed by atoms with Crippen LogP contribution in [0.1, 0.15) is 33.1 Å². The molecule has 0 aliphatic heterocycles. The molecule has 0 aromatic rings. The Balaban J connectivity index is -0.000000131. The first-order valence-corrected chi connectivity index (χ1v) is 4.66. The van der Waals surface area contributed by atoms with Crippen LogP contribution in [0.15, 0.2) is 50.6 Å². The summed E-state index contributed by atoms with van der Waals surface area (Å²) >= 11 is 0. The van der Waals surface area contributed by atoms with Gasteiger partial charge in [-0.2, -0.15) is 0 Å². The SMILES string of the molecule is C=C.C=CC/C=C/C.C=CCCC. The van der Waals surface area contributed by atoms with Crippen molar-refractivity contribution in [1.82, 2.24) is 0 Å². The highest BCUT2D eigenvalue weighted by molar-refractivity contribution is 4.85. The summed E-state index contributed by atoms with van der Waals surface area (Å²) in [5.74, 6) is 0. The van der Waals surface area contributed by atoms with Gasteiger partial charge >= 0.3 is 0 Å². The molecule has 13 heavy (non-hydrogen) atoms. The van der Waals surface area contributed by atoms with Crippen LogP contribution in [0.2, 0.25) is 0 Å². The molecule has 0 radical (unpaired) electrons. The van der Waals surface area contributed by atoms with Crippen LogP contribution in [0.4, 0.5) is 0 Å². The summed E-state index contributed by atoms with van der Waals surface area (Å²) in [4.78, 5) is 0. The van der Waals surface area contributed by atoms with Crippen molar-refractivity contribution in [3.8, 4) is 0 Å². The summed E-state index contributed by atoms with van der Waals surface area (Å²) in [6, 6.07) is 0. The second-order valence-corrected chi connectivity index (χ2v) is 2.17. The Bertz CT molecular complexity index is 109. The lowest BCUT2D eigenvalue weighted by Crippen LogP contribution is -1.52. The second-order valence-electron chi connectivity index (χ2n) is 2.17. The van der Waals surface area contributed by atoms with Gasteiger partial charge in [-0.3, -0.25) is 0 Å². The average molecular weight is 180 g/mol. The van der Waals surface area contributed by atoms with Crippen LogP contribution in [-0.4, -0.2) is 0 Å². The van der Waals surface area contributed by atoms with Crippen LogP contribution >= 0.6 is 0 Å². The summed E-state index contributed by atoms with van der Waals surface area (Å²) in [6.07, 6.45) is 11.3. The topological polar surface area (TPSA) is 0 Å². The van der Waals surface area contributed by atoms with Gasteiger partial charge in [0.1, 0.15) is 0 Å². The zero-order valence-corrected chi connectivity index (χ0v) is 9.26. The summed E-state index contributed by atoms with van der Waals surface area (Å²) in [5, 5.41) is 0. The van der Waals surface area contributed by atoms with E-state index in [1.54, 1.807) is 0 Å². The molecular weight excluding hydrogens is 156 g/mol. The van der Waals surface area contributed by atoms with Gasteiger partial charge in [-0.25, -0.2) is 0 Å². The zero-order chi connectivity index (χ0) is 10.9. The van der Waals surface area contributed by atoms with Crippen LogP contribution in [0.3, 0.4) is 0 Å². The van der Waals surface area contributed by atoms with Crippen molar-refractivity contribution in [3.63, 3.8) is 0 Å². The van der Waals surface area contributed by atoms with Gasteiger partial charge in [-0.1, -0.05) is 37.6 Å². The van der Waals surface area contributed by atoms with Gasteiger partial charge in [0.25, 0.3) is 0 Å². The van der Waals surface area contributed by atoms with E-state index in [0.29, 0.717) is 0 Å². The second kappa shape index (κ2) is 30.6. The molecule has 0 nitrogen and oxygen atoms in total. The smallest absolute Gasteiger partial charge is 0.0172 e. The fourth-order valence-electron chi connectivity index (χ4n) is 0.436. The molecule has 0 heteroatoms. The molecule has 0 unspecified atom stereocenters. The summed E-state index contributed by atoms with van der Waals surface area (Å²) in [5.41, 5.74) is 0. The predicted molar refractivity (Wildman–Crippen MR) is 66.0 cm³/mol. The normalized spacial score (nSPS) is 7.54. The molecule has 0 bridgehead atoms. The van der Waals surface area contributed by atoms with E-state index in [1.165, 1.54) is 6.42 Å². The van der Waals surface area contributed by atoms with E-state index in [9.17, 15) is 0 Å². The van der Waals surface area contributed by atoms with Crippen LogP contribution in [0.25, 0.3) is 0 Å². The van der Waals surface area contributed by atoms with Gasteiger partial charge in [-0.15, -0.1) is 26.3 Å². The van der Waals surface area contributed by atoms with E-state index in [2.05, 4.69) is 39.3 Å². The number of hydrogen-bond acceptors (Lipinski definition) is 0. The Labute approximate surface area is 84.4 Å². The van der Waals surface area contributed by atoms with Gasteiger partial charge in [0, 0.05) is 0 Å². The minimum Gasteiger partial charge on any atom is -0.106 e. The lowest BCUT2D eigenvalue weighted by molar-refractivity contribution is 0.961. The van der Waals surface area contributed by atoms with Crippen LogP contribution in [0.5, 0.6) is 0 Å². The molecule has 0 saturated carbocycles. The molecule has 0 heterocycles. The highest BCUT2D eigenvalue weighted by Crippen LogP contribution is 1.82. The standard InChI is InChI=1S/C6H10.C5H10.C2H4/c1-3-5-6-4-2;1-3-5-4-2;1-2/h3-4,6H,1,5H2,2H3;3H,1,4-5H2,2H3;1-2H2/b6-4+;;. The fraction of sp³-hybridized carbons (Fsp3) is 0.385. The molecule has 76 valence electrons. The quantitative estimate of drug-likeness (QED) is 0.539. The lowest BCUT2D eigenvalue weighted by atomic mass is 10.3. The zero-order valence-electron chi connectivity index (χ0n) is 9.26. The number of unbranched alkanes of at least 4 members (excludes halogenated alkanes) is 1. The van der Waals surface area contributed by atoms with Crippen molar-refractivity contribution in [2.24, 2.45) is 0 Å². The first-order chi connectivity index (χ1) is 6.33. The third kappa shape index (κ3) is 56.1. The molecule has 0 aromatic carbocycles. The van der Waals surface area contributed by atoms with E-state index in [0.717, 1.165) is 12.8 Å². The van der Waals surface area contributed by atoms with Crippen LogP contribution in [-0.2, 0) is 0 Å². The summed E-state index contributed by atoms with van der Waals surface area (Å²) < 4.78 is 0.